The SMILES string of the molecule is N#CC[C@H]1O[C@@H](c2ccncc2NC(=O)c2nc(-c3c(F)cccc3F)ncc2N)C[C@@H](O)[C@@H]1O. The summed E-state index contributed by atoms with van der Waals surface area (Å²) >= 11 is 0. The molecule has 4 rings (SSSR count). The molecule has 5 N–H and O–H groups in total. The first-order valence-corrected chi connectivity index (χ1v) is 10.5. The molecule has 1 saturated heterocycles. The Morgan fingerprint density at radius 1 is 1.26 bits per heavy atom. The number of anilines is 2. The van der Waals surface area contributed by atoms with Crippen LogP contribution in [0, 0.1) is 23.0 Å². The van der Waals surface area contributed by atoms with Gasteiger partial charge in [0.1, 0.15) is 17.7 Å². The number of amides is 1. The second-order valence-corrected chi connectivity index (χ2v) is 7.83. The van der Waals surface area contributed by atoms with Crippen molar-refractivity contribution in [3.63, 3.8) is 0 Å². The number of hydrogen-bond acceptors (Lipinski definition) is 9. The lowest BCUT2D eigenvalue weighted by Crippen LogP contribution is -2.45. The number of carbonyl (C=O) groups excluding carboxylic acids is 1. The van der Waals surface area contributed by atoms with Crippen LogP contribution in [0.5, 0.6) is 0 Å². The number of nitriles is 1. The van der Waals surface area contributed by atoms with Gasteiger partial charge in [0.2, 0.25) is 0 Å². The van der Waals surface area contributed by atoms with Crippen LogP contribution in [0.3, 0.4) is 0 Å². The Morgan fingerprint density at radius 2 is 2.00 bits per heavy atom. The number of rotatable bonds is 5. The van der Waals surface area contributed by atoms with Crippen molar-refractivity contribution >= 4 is 17.3 Å². The van der Waals surface area contributed by atoms with Crippen LogP contribution in [0.1, 0.15) is 35.0 Å². The van der Waals surface area contributed by atoms with E-state index in [2.05, 4.69) is 20.3 Å². The molecule has 1 fully saturated rings. The lowest BCUT2D eigenvalue weighted by atomic mass is 9.92. The predicted molar refractivity (Wildman–Crippen MR) is 118 cm³/mol. The molecule has 2 aromatic heterocycles. The molecule has 3 aromatic rings. The van der Waals surface area contributed by atoms with Crippen LogP contribution in [0.15, 0.2) is 42.9 Å². The summed E-state index contributed by atoms with van der Waals surface area (Å²) in [6.07, 6.45) is -0.371. The van der Waals surface area contributed by atoms with Gasteiger partial charge in [-0.2, -0.15) is 5.26 Å². The molecule has 0 aliphatic carbocycles. The molecule has 0 radical (unpaired) electrons. The molecular formula is C23H20F2N6O4. The Balaban J connectivity index is 1.63. The highest BCUT2D eigenvalue weighted by molar-refractivity contribution is 6.06. The van der Waals surface area contributed by atoms with E-state index in [0.29, 0.717) is 5.56 Å². The first-order chi connectivity index (χ1) is 16.8. The molecule has 0 bridgehead atoms. The number of nitrogen functional groups attached to an aromatic ring is 1. The Bertz CT molecular complexity index is 1280. The number of nitrogens with zero attached hydrogens (tertiary/aromatic N) is 4. The van der Waals surface area contributed by atoms with E-state index < -0.39 is 47.5 Å². The molecule has 0 saturated carbocycles. The van der Waals surface area contributed by atoms with Crippen LogP contribution in [-0.2, 0) is 4.74 Å². The number of nitrogens with two attached hydrogens (primary N) is 1. The predicted octanol–water partition coefficient (Wildman–Crippen LogP) is 2.12. The van der Waals surface area contributed by atoms with Crippen molar-refractivity contribution < 1.29 is 28.5 Å². The summed E-state index contributed by atoms with van der Waals surface area (Å²) in [4.78, 5) is 24.8. The van der Waals surface area contributed by atoms with Crippen molar-refractivity contribution in [2.45, 2.75) is 37.3 Å². The summed E-state index contributed by atoms with van der Waals surface area (Å²) in [6, 6.07) is 6.72. The summed E-state index contributed by atoms with van der Waals surface area (Å²) in [5.41, 5.74) is 5.52. The highest BCUT2D eigenvalue weighted by atomic mass is 19.1. The van der Waals surface area contributed by atoms with Crippen LogP contribution < -0.4 is 11.1 Å². The molecule has 180 valence electrons. The van der Waals surface area contributed by atoms with E-state index in [1.54, 1.807) is 6.07 Å². The van der Waals surface area contributed by atoms with Crippen LogP contribution in [0.25, 0.3) is 11.4 Å². The monoisotopic (exact) mass is 482 g/mol. The summed E-state index contributed by atoms with van der Waals surface area (Å²) < 4.78 is 34.2. The Kier molecular flexibility index (Phi) is 6.92. The molecule has 4 atom stereocenters. The second-order valence-electron chi connectivity index (χ2n) is 7.83. The molecule has 1 aliphatic rings. The normalized spacial score (nSPS) is 21.8. The maximum Gasteiger partial charge on any atom is 0.276 e. The third kappa shape index (κ3) is 4.92. The van der Waals surface area contributed by atoms with Crippen molar-refractivity contribution in [2.24, 2.45) is 0 Å². The molecule has 35 heavy (non-hydrogen) atoms. The lowest BCUT2D eigenvalue weighted by molar-refractivity contribution is -0.168. The minimum atomic E-state index is -1.23. The van der Waals surface area contributed by atoms with Gasteiger partial charge in [-0.05, 0) is 18.2 Å². The van der Waals surface area contributed by atoms with Crippen molar-refractivity contribution in [3.8, 4) is 17.5 Å². The fourth-order valence-corrected chi connectivity index (χ4v) is 3.79. The van der Waals surface area contributed by atoms with Crippen LogP contribution >= 0.6 is 0 Å². The van der Waals surface area contributed by atoms with Crippen molar-refractivity contribution in [3.05, 3.63) is 65.7 Å². The van der Waals surface area contributed by atoms with Crippen LogP contribution in [0.2, 0.25) is 0 Å². The molecule has 1 aliphatic heterocycles. The number of benzene rings is 1. The van der Waals surface area contributed by atoms with E-state index in [0.717, 1.165) is 18.3 Å². The van der Waals surface area contributed by atoms with E-state index in [9.17, 15) is 23.8 Å². The van der Waals surface area contributed by atoms with Gasteiger partial charge in [-0.1, -0.05) is 6.07 Å². The lowest BCUT2D eigenvalue weighted by Gasteiger charge is -2.37. The number of carbonyl (C=O) groups is 1. The molecular weight excluding hydrogens is 462 g/mol. The molecule has 0 spiro atoms. The van der Waals surface area contributed by atoms with Crippen molar-refractivity contribution in [1.82, 2.24) is 15.0 Å². The summed E-state index contributed by atoms with van der Waals surface area (Å²) in [7, 11) is 0. The number of aliphatic hydroxyl groups excluding tert-OH is 2. The van der Waals surface area contributed by atoms with Crippen molar-refractivity contribution in [1.29, 1.82) is 5.26 Å². The highest BCUT2D eigenvalue weighted by Crippen LogP contribution is 2.36. The number of aliphatic hydroxyl groups is 2. The standard InChI is InChI=1S/C23H20F2N6O4/c24-12-2-1-3-13(25)19(12)22-29-9-14(27)20(31-22)23(34)30-15-10-28-7-5-11(15)18-8-16(32)21(33)17(35-18)4-6-26/h1-3,5,7,9-10,16-18,21,32-33H,4,8,27H2,(H,30,34)/t16-,17-,18-,21+/m1/s1. The minimum Gasteiger partial charge on any atom is -0.396 e. The number of hydrogen-bond donors (Lipinski definition) is 4. The van der Waals surface area contributed by atoms with Gasteiger partial charge < -0.3 is 26.0 Å². The van der Waals surface area contributed by atoms with E-state index in [4.69, 9.17) is 15.7 Å². The summed E-state index contributed by atoms with van der Waals surface area (Å²) in [6.45, 7) is 0. The van der Waals surface area contributed by atoms with Crippen molar-refractivity contribution in [2.75, 3.05) is 11.1 Å². The van der Waals surface area contributed by atoms with Crippen LogP contribution in [0.4, 0.5) is 20.2 Å². The topological polar surface area (TPSA) is 167 Å². The number of ether oxygens (including phenoxy) is 1. The van der Waals surface area contributed by atoms with Gasteiger partial charge in [0.05, 0.1) is 60.1 Å². The molecule has 0 unspecified atom stereocenters. The largest absolute Gasteiger partial charge is 0.396 e. The maximum atomic E-state index is 14.2. The number of pyridine rings is 1. The van der Waals surface area contributed by atoms with E-state index >= 15 is 0 Å². The first kappa shape index (κ1) is 24.1. The summed E-state index contributed by atoms with van der Waals surface area (Å²) in [5.74, 6) is -2.98. The zero-order chi connectivity index (χ0) is 25.1. The third-order valence-electron chi connectivity index (χ3n) is 5.53. The molecule has 3 heterocycles. The fourth-order valence-electron chi connectivity index (χ4n) is 3.79. The van der Waals surface area contributed by atoms with E-state index in [-0.39, 0.29) is 35.7 Å². The van der Waals surface area contributed by atoms with Gasteiger partial charge in [-0.15, -0.1) is 0 Å². The maximum absolute atomic E-state index is 14.2. The smallest absolute Gasteiger partial charge is 0.276 e. The zero-order valence-electron chi connectivity index (χ0n) is 18.1. The number of halogens is 2. The first-order valence-electron chi connectivity index (χ1n) is 10.5. The van der Waals surface area contributed by atoms with E-state index in [1.807, 2.05) is 6.07 Å². The van der Waals surface area contributed by atoms with Crippen LogP contribution in [-0.4, -0.2) is 49.4 Å². The fraction of sp³-hybridized carbons (Fsp3) is 0.261. The average molecular weight is 482 g/mol. The van der Waals surface area contributed by atoms with Gasteiger partial charge in [0.25, 0.3) is 5.91 Å². The van der Waals surface area contributed by atoms with E-state index in [1.165, 1.54) is 18.5 Å². The highest BCUT2D eigenvalue weighted by Gasteiger charge is 2.38. The van der Waals surface area contributed by atoms with Gasteiger partial charge in [-0.3, -0.25) is 9.78 Å². The second kappa shape index (κ2) is 10.1. The van der Waals surface area contributed by atoms with Gasteiger partial charge in [0.15, 0.2) is 11.5 Å². The minimum absolute atomic E-state index is 0.00232. The van der Waals surface area contributed by atoms with Gasteiger partial charge in [0, 0.05) is 18.2 Å². The summed E-state index contributed by atoms with van der Waals surface area (Å²) in [5, 5.41) is 31.9. The van der Waals surface area contributed by atoms with Gasteiger partial charge >= 0.3 is 0 Å². The average Bonchev–Trinajstić information content (AvgIpc) is 2.83. The van der Waals surface area contributed by atoms with Gasteiger partial charge in [-0.25, -0.2) is 18.7 Å². The zero-order valence-corrected chi connectivity index (χ0v) is 18.1. The molecule has 10 nitrogen and oxygen atoms in total. The number of nitrogens with one attached hydrogen (secondary N) is 1. The Hall–Kier alpha value is -4.05. The number of aromatic nitrogens is 3. The molecule has 12 heteroatoms. The third-order valence-corrected chi connectivity index (χ3v) is 5.53. The molecule has 1 amide bonds. The molecule has 1 aromatic carbocycles. The Morgan fingerprint density at radius 3 is 2.71 bits per heavy atom. The Labute approximate surface area is 198 Å². The quantitative estimate of drug-likeness (QED) is 0.426.